The van der Waals surface area contributed by atoms with E-state index in [0.717, 1.165) is 36.6 Å². The highest BCUT2D eigenvalue weighted by Crippen LogP contribution is 2.40. The number of aryl methyl sites for hydroxylation is 1. The topological polar surface area (TPSA) is 82.8 Å². The highest BCUT2D eigenvalue weighted by Gasteiger charge is 2.36. The van der Waals surface area contributed by atoms with E-state index in [4.69, 9.17) is 10.3 Å². The van der Waals surface area contributed by atoms with Gasteiger partial charge in [0.05, 0.1) is 5.56 Å². The lowest BCUT2D eigenvalue weighted by Gasteiger charge is -2.29. The molecule has 9 heteroatoms. The number of nitrogens with zero attached hydrogens (tertiary/aromatic N) is 4. The molecule has 0 atom stereocenters. The molecule has 1 aliphatic rings. The fraction of sp³-hybridized carbons (Fsp3) is 0.476. The van der Waals surface area contributed by atoms with Gasteiger partial charge in [-0.05, 0) is 49.3 Å². The molecule has 160 valence electrons. The lowest BCUT2D eigenvalue weighted by atomic mass is 9.76. The van der Waals surface area contributed by atoms with Gasteiger partial charge in [0, 0.05) is 23.9 Å². The maximum atomic E-state index is 13.7. The van der Waals surface area contributed by atoms with E-state index in [-0.39, 0.29) is 29.2 Å². The van der Waals surface area contributed by atoms with E-state index in [9.17, 15) is 13.2 Å². The number of halogens is 3. The van der Waals surface area contributed by atoms with Crippen LogP contribution >= 0.6 is 0 Å². The predicted octanol–water partition coefficient (Wildman–Crippen LogP) is 4.17. The first-order valence-corrected chi connectivity index (χ1v) is 9.88. The van der Waals surface area contributed by atoms with Crippen molar-refractivity contribution in [2.24, 2.45) is 18.2 Å². The standard InChI is InChI=1S/C21H24F3N5O/c1-20(2)8-6-14-16(11-20)29(3)27-17(14)19-26-18(28-30-19)13-5-4-12(7-9-25)10-15(13)21(22,23)24/h4-5,10H,6-9,11,25H2,1-3H3. The minimum absolute atomic E-state index is 0.104. The molecule has 0 radical (unpaired) electrons. The first-order valence-electron chi connectivity index (χ1n) is 9.88. The Hall–Kier alpha value is -2.68. The molecule has 0 unspecified atom stereocenters. The summed E-state index contributed by atoms with van der Waals surface area (Å²) >= 11 is 0. The molecular formula is C21H24F3N5O. The number of benzene rings is 1. The van der Waals surface area contributed by atoms with Crippen LogP contribution in [0.2, 0.25) is 0 Å². The average Bonchev–Trinajstić information content (AvgIpc) is 3.26. The highest BCUT2D eigenvalue weighted by molar-refractivity contribution is 5.65. The lowest BCUT2D eigenvalue weighted by molar-refractivity contribution is -0.137. The molecule has 30 heavy (non-hydrogen) atoms. The number of nitrogens with two attached hydrogens (primary N) is 1. The van der Waals surface area contributed by atoms with E-state index in [1.54, 1.807) is 10.7 Å². The molecule has 0 aliphatic heterocycles. The van der Waals surface area contributed by atoms with Crippen molar-refractivity contribution in [3.63, 3.8) is 0 Å². The molecule has 6 nitrogen and oxygen atoms in total. The van der Waals surface area contributed by atoms with Gasteiger partial charge in [-0.15, -0.1) is 0 Å². The number of hydrogen-bond donors (Lipinski definition) is 1. The molecule has 0 saturated heterocycles. The Balaban J connectivity index is 1.75. The van der Waals surface area contributed by atoms with E-state index >= 15 is 0 Å². The van der Waals surface area contributed by atoms with Crippen LogP contribution in [0.1, 0.15) is 42.7 Å². The molecule has 0 spiro atoms. The van der Waals surface area contributed by atoms with Gasteiger partial charge in [-0.1, -0.05) is 31.1 Å². The van der Waals surface area contributed by atoms with Gasteiger partial charge in [0.15, 0.2) is 5.69 Å². The van der Waals surface area contributed by atoms with E-state index in [1.807, 2.05) is 7.05 Å². The molecule has 1 aliphatic carbocycles. The Morgan fingerprint density at radius 3 is 2.73 bits per heavy atom. The Labute approximate surface area is 172 Å². The van der Waals surface area contributed by atoms with Gasteiger partial charge in [-0.2, -0.15) is 23.3 Å². The molecule has 0 bridgehead atoms. The molecule has 2 heterocycles. The minimum atomic E-state index is -4.55. The second-order valence-corrected chi connectivity index (χ2v) is 8.58. The van der Waals surface area contributed by atoms with Gasteiger partial charge in [0.1, 0.15) is 0 Å². The lowest BCUT2D eigenvalue weighted by Crippen LogP contribution is -2.23. The summed E-state index contributed by atoms with van der Waals surface area (Å²) in [6, 6.07) is 4.08. The Bertz CT molecular complexity index is 1080. The average molecular weight is 419 g/mol. The first kappa shape index (κ1) is 20.6. The quantitative estimate of drug-likeness (QED) is 0.686. The summed E-state index contributed by atoms with van der Waals surface area (Å²) in [4.78, 5) is 4.28. The predicted molar refractivity (Wildman–Crippen MR) is 106 cm³/mol. The maximum Gasteiger partial charge on any atom is 0.417 e. The van der Waals surface area contributed by atoms with Crippen LogP contribution in [0.25, 0.3) is 23.0 Å². The molecule has 1 aromatic carbocycles. The van der Waals surface area contributed by atoms with Crippen LogP contribution in [0.3, 0.4) is 0 Å². The SMILES string of the molecule is Cn1nc(-c2nc(-c3ccc(CCN)cc3C(F)(F)F)no2)c2c1CC(C)(C)CC2. The zero-order valence-electron chi connectivity index (χ0n) is 17.2. The molecule has 4 rings (SSSR count). The molecule has 2 aromatic heterocycles. The van der Waals surface area contributed by atoms with E-state index in [1.165, 1.54) is 6.07 Å². The van der Waals surface area contributed by atoms with Crippen molar-refractivity contribution in [3.8, 4) is 23.0 Å². The van der Waals surface area contributed by atoms with Crippen LogP contribution in [0, 0.1) is 5.41 Å². The van der Waals surface area contributed by atoms with E-state index < -0.39 is 11.7 Å². The summed E-state index contributed by atoms with van der Waals surface area (Å²) in [5, 5.41) is 8.37. The van der Waals surface area contributed by atoms with Crippen molar-refractivity contribution < 1.29 is 17.7 Å². The second-order valence-electron chi connectivity index (χ2n) is 8.58. The van der Waals surface area contributed by atoms with Crippen molar-refractivity contribution in [2.75, 3.05) is 6.54 Å². The minimum Gasteiger partial charge on any atom is -0.332 e. The smallest absolute Gasteiger partial charge is 0.332 e. The zero-order chi connectivity index (χ0) is 21.7. The fourth-order valence-corrected chi connectivity index (χ4v) is 4.04. The van der Waals surface area contributed by atoms with Gasteiger partial charge in [-0.3, -0.25) is 4.68 Å². The van der Waals surface area contributed by atoms with Crippen molar-refractivity contribution in [1.82, 2.24) is 19.9 Å². The van der Waals surface area contributed by atoms with E-state index in [2.05, 4.69) is 29.1 Å². The number of aromatic nitrogens is 4. The van der Waals surface area contributed by atoms with Crippen molar-refractivity contribution in [1.29, 1.82) is 0 Å². The molecule has 3 aromatic rings. The third kappa shape index (κ3) is 3.74. The van der Waals surface area contributed by atoms with Crippen molar-refractivity contribution in [3.05, 3.63) is 40.6 Å². The molecular weight excluding hydrogens is 395 g/mol. The summed E-state index contributed by atoms with van der Waals surface area (Å²) in [5.41, 5.74) is 7.92. The number of hydrogen-bond acceptors (Lipinski definition) is 5. The normalized spacial score (nSPS) is 16.0. The van der Waals surface area contributed by atoms with Crippen LogP contribution in [0.4, 0.5) is 13.2 Å². The first-order chi connectivity index (χ1) is 14.1. The zero-order valence-corrected chi connectivity index (χ0v) is 17.2. The van der Waals surface area contributed by atoms with Gasteiger partial charge in [0.2, 0.25) is 5.82 Å². The van der Waals surface area contributed by atoms with Crippen LogP contribution in [0.5, 0.6) is 0 Å². The Morgan fingerprint density at radius 1 is 1.27 bits per heavy atom. The largest absolute Gasteiger partial charge is 0.417 e. The highest BCUT2D eigenvalue weighted by atomic mass is 19.4. The molecule has 2 N–H and O–H groups in total. The summed E-state index contributed by atoms with van der Waals surface area (Å²) in [6.45, 7) is 4.69. The second kappa shape index (κ2) is 7.23. The summed E-state index contributed by atoms with van der Waals surface area (Å²) in [7, 11) is 1.86. The maximum absolute atomic E-state index is 13.7. The van der Waals surface area contributed by atoms with Gasteiger partial charge < -0.3 is 10.3 Å². The van der Waals surface area contributed by atoms with E-state index in [0.29, 0.717) is 17.7 Å². The monoisotopic (exact) mass is 419 g/mol. The third-order valence-electron chi connectivity index (χ3n) is 5.66. The third-order valence-corrected chi connectivity index (χ3v) is 5.66. The van der Waals surface area contributed by atoms with Gasteiger partial charge in [-0.25, -0.2) is 0 Å². The fourth-order valence-electron chi connectivity index (χ4n) is 4.04. The Kier molecular flexibility index (Phi) is 4.96. The van der Waals surface area contributed by atoms with Crippen LogP contribution < -0.4 is 5.73 Å². The summed E-state index contributed by atoms with van der Waals surface area (Å²) < 4.78 is 48.1. The van der Waals surface area contributed by atoms with Crippen LogP contribution in [0.15, 0.2) is 22.7 Å². The van der Waals surface area contributed by atoms with Gasteiger partial charge in [0.25, 0.3) is 5.89 Å². The van der Waals surface area contributed by atoms with Gasteiger partial charge >= 0.3 is 6.18 Å². The van der Waals surface area contributed by atoms with Crippen LogP contribution in [-0.2, 0) is 32.5 Å². The summed E-state index contributed by atoms with van der Waals surface area (Å²) in [6.07, 6.45) is -1.52. The van der Waals surface area contributed by atoms with Crippen molar-refractivity contribution in [2.45, 2.75) is 45.7 Å². The number of rotatable bonds is 4. The summed E-state index contributed by atoms with van der Waals surface area (Å²) in [5.74, 6) is 0.0351. The number of alkyl halides is 3. The molecule has 0 fully saturated rings. The van der Waals surface area contributed by atoms with Crippen molar-refractivity contribution >= 4 is 0 Å². The number of fused-ring (bicyclic) bond motifs is 1. The Morgan fingerprint density at radius 2 is 2.03 bits per heavy atom. The molecule has 0 saturated carbocycles. The van der Waals surface area contributed by atoms with Crippen LogP contribution in [-0.4, -0.2) is 26.5 Å². The molecule has 0 amide bonds.